The van der Waals surface area contributed by atoms with Crippen molar-refractivity contribution in [1.29, 1.82) is 0 Å². The minimum Gasteiger partial charge on any atom is -0.396 e. The van der Waals surface area contributed by atoms with Crippen LogP contribution in [0.15, 0.2) is 16.6 Å². The molecular weight excluding hydrogens is 325 g/mol. The van der Waals surface area contributed by atoms with Gasteiger partial charge < -0.3 is 15.5 Å². The molecule has 1 aromatic carbocycles. The van der Waals surface area contributed by atoms with Crippen molar-refractivity contribution in [2.45, 2.75) is 18.9 Å². The second-order valence-electron chi connectivity index (χ2n) is 5.34. The molecule has 0 spiro atoms. The lowest BCUT2D eigenvalue weighted by atomic mass is 10.0. The van der Waals surface area contributed by atoms with E-state index < -0.39 is 5.82 Å². The highest BCUT2D eigenvalue weighted by atomic mass is 79.9. The third-order valence-corrected chi connectivity index (χ3v) is 4.45. The van der Waals surface area contributed by atoms with E-state index in [0.29, 0.717) is 29.2 Å². The van der Waals surface area contributed by atoms with Crippen molar-refractivity contribution in [2.24, 2.45) is 0 Å². The van der Waals surface area contributed by atoms with Crippen molar-refractivity contribution in [1.82, 2.24) is 9.80 Å². The summed E-state index contributed by atoms with van der Waals surface area (Å²) in [5.74, 6) is -0.611. The zero-order chi connectivity index (χ0) is 14.9. The summed E-state index contributed by atoms with van der Waals surface area (Å²) >= 11 is 3.23. The number of nitrogens with zero attached hydrogens (tertiary/aromatic N) is 2. The molecule has 0 unspecified atom stereocenters. The molecule has 0 radical (unpaired) electrons. The molecule has 0 aromatic heterocycles. The number of amides is 1. The van der Waals surface area contributed by atoms with Gasteiger partial charge in [-0.2, -0.15) is 0 Å². The summed E-state index contributed by atoms with van der Waals surface area (Å²) in [5.41, 5.74) is 5.97. The zero-order valence-corrected chi connectivity index (χ0v) is 13.3. The summed E-state index contributed by atoms with van der Waals surface area (Å²) in [5, 5.41) is 0. The first-order chi connectivity index (χ1) is 9.40. The van der Waals surface area contributed by atoms with E-state index in [1.807, 2.05) is 0 Å². The highest BCUT2D eigenvalue weighted by molar-refractivity contribution is 9.10. The van der Waals surface area contributed by atoms with E-state index >= 15 is 0 Å². The topological polar surface area (TPSA) is 49.6 Å². The summed E-state index contributed by atoms with van der Waals surface area (Å²) in [7, 11) is 4.11. The number of nitrogen functional groups attached to an aromatic ring is 1. The van der Waals surface area contributed by atoms with Crippen LogP contribution in [0.4, 0.5) is 10.1 Å². The number of rotatable bonds is 2. The monoisotopic (exact) mass is 343 g/mol. The third-order valence-electron chi connectivity index (χ3n) is 3.80. The standard InChI is InChI=1S/C14H19BrFN3O/c1-18(2)9-3-5-19(6-4-9)14(20)10-7-13(17)12(16)8-11(10)15/h7-9H,3-6,17H2,1-2H3. The van der Waals surface area contributed by atoms with Gasteiger partial charge >= 0.3 is 0 Å². The Morgan fingerprint density at radius 2 is 2.00 bits per heavy atom. The van der Waals surface area contributed by atoms with Crippen molar-refractivity contribution < 1.29 is 9.18 Å². The quantitative estimate of drug-likeness (QED) is 0.838. The Morgan fingerprint density at radius 3 is 2.55 bits per heavy atom. The Morgan fingerprint density at radius 1 is 1.40 bits per heavy atom. The summed E-state index contributed by atoms with van der Waals surface area (Å²) in [6, 6.07) is 3.16. The first-order valence-electron chi connectivity index (χ1n) is 6.60. The second-order valence-corrected chi connectivity index (χ2v) is 6.19. The van der Waals surface area contributed by atoms with Crippen LogP contribution in [0.3, 0.4) is 0 Å². The van der Waals surface area contributed by atoms with Gasteiger partial charge in [-0.25, -0.2) is 4.39 Å². The number of benzene rings is 1. The van der Waals surface area contributed by atoms with Crippen LogP contribution in [0.1, 0.15) is 23.2 Å². The molecule has 0 atom stereocenters. The molecule has 1 aliphatic rings. The number of halogens is 2. The minimum atomic E-state index is -0.514. The Hall–Kier alpha value is -1.14. The number of likely N-dealkylation sites (tertiary alicyclic amines) is 1. The van der Waals surface area contributed by atoms with E-state index in [9.17, 15) is 9.18 Å². The van der Waals surface area contributed by atoms with Crippen molar-refractivity contribution in [3.8, 4) is 0 Å². The predicted octanol–water partition coefficient (Wildman–Crippen LogP) is 2.34. The maximum Gasteiger partial charge on any atom is 0.255 e. The van der Waals surface area contributed by atoms with E-state index in [4.69, 9.17) is 5.73 Å². The lowest BCUT2D eigenvalue weighted by Crippen LogP contribution is -2.44. The molecule has 1 heterocycles. The third kappa shape index (κ3) is 3.12. The number of hydrogen-bond acceptors (Lipinski definition) is 3. The molecule has 1 saturated heterocycles. The minimum absolute atomic E-state index is 0.000252. The van der Waals surface area contributed by atoms with Gasteiger partial charge in [0.1, 0.15) is 5.82 Å². The highest BCUT2D eigenvalue weighted by Crippen LogP contribution is 2.25. The molecule has 0 saturated carbocycles. The lowest BCUT2D eigenvalue weighted by molar-refractivity contribution is 0.0662. The Kier molecular flexibility index (Phi) is 4.65. The van der Waals surface area contributed by atoms with Crippen LogP contribution in [0.2, 0.25) is 0 Å². The summed E-state index contributed by atoms with van der Waals surface area (Å²) < 4.78 is 13.8. The second kappa shape index (κ2) is 6.10. The highest BCUT2D eigenvalue weighted by Gasteiger charge is 2.26. The van der Waals surface area contributed by atoms with E-state index in [1.165, 1.54) is 12.1 Å². The van der Waals surface area contributed by atoms with Gasteiger partial charge in [0, 0.05) is 23.6 Å². The van der Waals surface area contributed by atoms with Gasteiger partial charge in [0.25, 0.3) is 5.91 Å². The average Bonchev–Trinajstić information content (AvgIpc) is 2.42. The Bertz CT molecular complexity index is 513. The van der Waals surface area contributed by atoms with E-state index in [2.05, 4.69) is 34.9 Å². The van der Waals surface area contributed by atoms with E-state index in [-0.39, 0.29) is 11.6 Å². The number of hydrogen-bond donors (Lipinski definition) is 1. The van der Waals surface area contributed by atoms with Gasteiger partial charge in [-0.05, 0) is 55.0 Å². The fraction of sp³-hybridized carbons (Fsp3) is 0.500. The van der Waals surface area contributed by atoms with Crippen molar-refractivity contribution in [3.05, 3.63) is 28.0 Å². The molecule has 20 heavy (non-hydrogen) atoms. The molecule has 1 aromatic rings. The van der Waals surface area contributed by atoms with Crippen LogP contribution in [-0.4, -0.2) is 48.9 Å². The van der Waals surface area contributed by atoms with Crippen LogP contribution in [0.25, 0.3) is 0 Å². The molecule has 1 aliphatic heterocycles. The largest absolute Gasteiger partial charge is 0.396 e. The van der Waals surface area contributed by atoms with Gasteiger partial charge in [0.05, 0.1) is 11.3 Å². The molecule has 2 rings (SSSR count). The Balaban J connectivity index is 2.11. The number of anilines is 1. The van der Waals surface area contributed by atoms with Crippen LogP contribution >= 0.6 is 15.9 Å². The molecule has 1 fully saturated rings. The SMILES string of the molecule is CN(C)C1CCN(C(=O)c2cc(N)c(F)cc2Br)CC1. The molecule has 0 aliphatic carbocycles. The molecule has 1 amide bonds. The van der Waals surface area contributed by atoms with Crippen LogP contribution in [-0.2, 0) is 0 Å². The van der Waals surface area contributed by atoms with Crippen molar-refractivity contribution in [2.75, 3.05) is 32.9 Å². The molecule has 0 bridgehead atoms. The fourth-order valence-electron chi connectivity index (χ4n) is 2.49. The smallest absolute Gasteiger partial charge is 0.255 e. The van der Waals surface area contributed by atoms with Crippen LogP contribution in [0.5, 0.6) is 0 Å². The average molecular weight is 344 g/mol. The zero-order valence-electron chi connectivity index (χ0n) is 11.7. The molecule has 4 nitrogen and oxygen atoms in total. The van der Waals surface area contributed by atoms with E-state index in [0.717, 1.165) is 12.8 Å². The number of carbonyl (C=O) groups is 1. The van der Waals surface area contributed by atoms with Gasteiger partial charge in [-0.1, -0.05) is 0 Å². The predicted molar refractivity (Wildman–Crippen MR) is 81.1 cm³/mol. The first-order valence-corrected chi connectivity index (χ1v) is 7.39. The number of piperidine rings is 1. The summed E-state index contributed by atoms with van der Waals surface area (Å²) in [6.45, 7) is 1.43. The molecular formula is C14H19BrFN3O. The molecule has 110 valence electrons. The van der Waals surface area contributed by atoms with Gasteiger partial charge in [0.15, 0.2) is 0 Å². The molecule has 2 N–H and O–H groups in total. The van der Waals surface area contributed by atoms with Gasteiger partial charge in [-0.15, -0.1) is 0 Å². The van der Waals surface area contributed by atoms with Gasteiger partial charge in [-0.3, -0.25) is 4.79 Å². The van der Waals surface area contributed by atoms with Gasteiger partial charge in [0.2, 0.25) is 0 Å². The molecule has 6 heteroatoms. The first kappa shape index (κ1) is 15.3. The van der Waals surface area contributed by atoms with Crippen molar-refractivity contribution in [3.63, 3.8) is 0 Å². The van der Waals surface area contributed by atoms with Crippen LogP contribution < -0.4 is 5.73 Å². The summed E-state index contributed by atoms with van der Waals surface area (Å²) in [4.78, 5) is 16.5. The Labute approximate surface area is 126 Å². The maximum atomic E-state index is 13.3. The van der Waals surface area contributed by atoms with Crippen molar-refractivity contribution >= 4 is 27.5 Å². The summed E-state index contributed by atoms with van der Waals surface area (Å²) in [6.07, 6.45) is 1.90. The normalized spacial score (nSPS) is 16.8. The lowest BCUT2D eigenvalue weighted by Gasteiger charge is -2.35. The number of carbonyl (C=O) groups excluding carboxylic acids is 1. The fourth-order valence-corrected chi connectivity index (χ4v) is 2.97. The maximum absolute atomic E-state index is 13.3. The van der Waals surface area contributed by atoms with E-state index in [1.54, 1.807) is 4.90 Å². The van der Waals surface area contributed by atoms with Crippen LogP contribution in [0, 0.1) is 5.82 Å². The number of nitrogens with two attached hydrogens (primary N) is 1.